The van der Waals surface area contributed by atoms with Crippen LogP contribution in [0.2, 0.25) is 5.02 Å². The van der Waals surface area contributed by atoms with Crippen LogP contribution in [0.15, 0.2) is 48.5 Å². The summed E-state index contributed by atoms with van der Waals surface area (Å²) in [6.07, 6.45) is 1.28. The van der Waals surface area contributed by atoms with Gasteiger partial charge in [0.1, 0.15) is 18.4 Å². The molecule has 0 saturated carbocycles. The molecule has 0 aliphatic rings. The van der Waals surface area contributed by atoms with E-state index in [-0.39, 0.29) is 29.2 Å². The summed E-state index contributed by atoms with van der Waals surface area (Å²) < 4.78 is 39.5. The Morgan fingerprint density at radius 2 is 1.76 bits per heavy atom. The molecule has 1 atom stereocenters. The van der Waals surface area contributed by atoms with Crippen LogP contribution in [0.5, 0.6) is 0 Å². The third kappa shape index (κ3) is 7.43. The second-order valence-corrected chi connectivity index (χ2v) is 10.3. The van der Waals surface area contributed by atoms with Crippen molar-refractivity contribution in [3.05, 3.63) is 64.9 Å². The van der Waals surface area contributed by atoms with Gasteiger partial charge in [-0.15, -0.1) is 0 Å². The number of nitrogens with one attached hydrogen (secondary N) is 1. The Morgan fingerprint density at radius 3 is 2.27 bits per heavy atom. The molecule has 2 amide bonds. The van der Waals surface area contributed by atoms with Crippen molar-refractivity contribution >= 4 is 39.1 Å². The maximum absolute atomic E-state index is 13.6. The molecule has 1 N–H and O–H groups in total. The van der Waals surface area contributed by atoms with Crippen LogP contribution >= 0.6 is 11.6 Å². The number of hydrogen-bond donors (Lipinski definition) is 1. The minimum absolute atomic E-state index is 0.0524. The van der Waals surface area contributed by atoms with E-state index in [1.54, 1.807) is 6.92 Å². The second kappa shape index (κ2) is 11.5. The molecule has 10 heteroatoms. The maximum atomic E-state index is 13.6. The lowest BCUT2D eigenvalue weighted by molar-refractivity contribution is -0.140. The van der Waals surface area contributed by atoms with E-state index < -0.39 is 34.3 Å². The summed E-state index contributed by atoms with van der Waals surface area (Å²) in [6, 6.07) is 11.6. The molecule has 0 spiro atoms. The van der Waals surface area contributed by atoms with Crippen LogP contribution in [0.3, 0.4) is 0 Å². The van der Waals surface area contributed by atoms with E-state index in [2.05, 4.69) is 5.32 Å². The van der Waals surface area contributed by atoms with E-state index in [0.29, 0.717) is 6.42 Å². The number of anilines is 1. The van der Waals surface area contributed by atoms with E-state index >= 15 is 0 Å². The molecule has 7 nitrogen and oxygen atoms in total. The molecule has 0 saturated heterocycles. The summed E-state index contributed by atoms with van der Waals surface area (Å²) in [6.45, 7) is 4.96. The molecule has 0 radical (unpaired) electrons. The van der Waals surface area contributed by atoms with Crippen LogP contribution in [0.25, 0.3) is 0 Å². The van der Waals surface area contributed by atoms with Gasteiger partial charge in [0.05, 0.1) is 17.0 Å². The predicted molar refractivity (Wildman–Crippen MR) is 128 cm³/mol. The average Bonchev–Trinajstić information content (AvgIpc) is 2.73. The van der Waals surface area contributed by atoms with Crippen molar-refractivity contribution in [2.45, 2.75) is 45.8 Å². The molecule has 0 heterocycles. The van der Waals surface area contributed by atoms with Crippen LogP contribution in [0.4, 0.5) is 10.1 Å². The van der Waals surface area contributed by atoms with Crippen LogP contribution in [-0.2, 0) is 26.2 Å². The van der Waals surface area contributed by atoms with Gasteiger partial charge in [0.25, 0.3) is 0 Å². The standard InChI is InChI=1S/C23H29ClFN3O4S/c1-5-21(23(30)26-16(2)3)27(14-17-9-7-6-8-10-17)22(29)15-28(33(4,31)32)18-11-12-20(25)19(24)13-18/h6-13,16,21H,5,14-15H2,1-4H3,(H,26,30)/t21-/m1/s1. The van der Waals surface area contributed by atoms with E-state index in [9.17, 15) is 22.4 Å². The Hall–Kier alpha value is -2.65. The smallest absolute Gasteiger partial charge is 0.244 e. The summed E-state index contributed by atoms with van der Waals surface area (Å²) in [5, 5.41) is 2.55. The SMILES string of the molecule is CC[C@H](C(=O)NC(C)C)N(Cc1ccccc1)C(=O)CN(c1ccc(F)c(Cl)c1)S(C)(=O)=O. The first kappa shape index (κ1) is 26.6. The van der Waals surface area contributed by atoms with Gasteiger partial charge in [0, 0.05) is 12.6 Å². The number of hydrogen-bond acceptors (Lipinski definition) is 4. The highest BCUT2D eigenvalue weighted by Gasteiger charge is 2.32. The normalized spacial score (nSPS) is 12.3. The van der Waals surface area contributed by atoms with E-state index in [4.69, 9.17) is 11.6 Å². The van der Waals surface area contributed by atoms with Gasteiger partial charge in [-0.05, 0) is 44.0 Å². The molecule has 33 heavy (non-hydrogen) atoms. The third-order valence-electron chi connectivity index (χ3n) is 4.88. The number of carbonyl (C=O) groups excluding carboxylic acids is 2. The number of sulfonamides is 1. The first-order valence-electron chi connectivity index (χ1n) is 10.5. The zero-order chi connectivity index (χ0) is 24.8. The van der Waals surface area contributed by atoms with Gasteiger partial charge in [-0.25, -0.2) is 12.8 Å². The minimum Gasteiger partial charge on any atom is -0.352 e. The van der Waals surface area contributed by atoms with Gasteiger partial charge in [-0.3, -0.25) is 13.9 Å². The zero-order valence-corrected chi connectivity index (χ0v) is 20.7. The van der Waals surface area contributed by atoms with Crippen LogP contribution in [0, 0.1) is 5.82 Å². The van der Waals surface area contributed by atoms with Gasteiger partial charge >= 0.3 is 0 Å². The zero-order valence-electron chi connectivity index (χ0n) is 19.1. The Kier molecular flexibility index (Phi) is 9.25. The maximum Gasteiger partial charge on any atom is 0.244 e. The van der Waals surface area contributed by atoms with E-state index in [0.717, 1.165) is 28.3 Å². The molecule has 0 unspecified atom stereocenters. The Labute approximate surface area is 199 Å². The summed E-state index contributed by atoms with van der Waals surface area (Å²) in [7, 11) is -3.92. The predicted octanol–water partition coefficient (Wildman–Crippen LogP) is 3.58. The molecule has 0 fully saturated rings. The molecule has 2 aromatic rings. The van der Waals surface area contributed by atoms with Gasteiger partial charge in [-0.1, -0.05) is 48.9 Å². The van der Waals surface area contributed by atoms with Crippen molar-refractivity contribution in [1.82, 2.24) is 10.2 Å². The quantitative estimate of drug-likeness (QED) is 0.543. The van der Waals surface area contributed by atoms with Crippen LogP contribution in [0.1, 0.15) is 32.8 Å². The van der Waals surface area contributed by atoms with Gasteiger partial charge in [0.2, 0.25) is 21.8 Å². The number of rotatable bonds is 10. The van der Waals surface area contributed by atoms with Crippen LogP contribution in [-0.4, -0.2) is 50.0 Å². The minimum atomic E-state index is -3.92. The third-order valence-corrected chi connectivity index (χ3v) is 6.31. The fraction of sp³-hybridized carbons (Fsp3) is 0.391. The van der Waals surface area contributed by atoms with Crippen molar-refractivity contribution < 1.29 is 22.4 Å². The lowest BCUT2D eigenvalue weighted by Gasteiger charge is -2.33. The molecule has 0 bridgehead atoms. The molecule has 0 aliphatic carbocycles. The molecule has 2 aromatic carbocycles. The molecular formula is C23H29ClFN3O4S. The molecule has 0 aromatic heterocycles. The monoisotopic (exact) mass is 497 g/mol. The van der Waals surface area contributed by atoms with Gasteiger partial charge in [0.15, 0.2) is 0 Å². The Morgan fingerprint density at radius 1 is 1.12 bits per heavy atom. The van der Waals surface area contributed by atoms with Crippen molar-refractivity contribution in [3.8, 4) is 0 Å². The fourth-order valence-electron chi connectivity index (χ4n) is 3.33. The number of amides is 2. The number of halogens is 2. The first-order chi connectivity index (χ1) is 15.4. The molecule has 0 aliphatic heterocycles. The Balaban J connectivity index is 2.43. The number of benzene rings is 2. The number of carbonyl (C=O) groups is 2. The molecule has 180 valence electrons. The van der Waals surface area contributed by atoms with E-state index in [1.807, 2.05) is 44.2 Å². The summed E-state index contributed by atoms with van der Waals surface area (Å²) in [5.41, 5.74) is 0.842. The Bertz CT molecular complexity index is 1080. The lowest BCUT2D eigenvalue weighted by Crippen LogP contribution is -2.53. The molecule has 2 rings (SSSR count). The summed E-state index contributed by atoms with van der Waals surface area (Å²) >= 11 is 5.83. The van der Waals surface area contributed by atoms with Crippen molar-refractivity contribution in [1.29, 1.82) is 0 Å². The van der Waals surface area contributed by atoms with Crippen molar-refractivity contribution in [2.24, 2.45) is 0 Å². The fourth-order valence-corrected chi connectivity index (χ4v) is 4.35. The first-order valence-corrected chi connectivity index (χ1v) is 12.7. The van der Waals surface area contributed by atoms with Gasteiger partial charge < -0.3 is 10.2 Å². The highest BCUT2D eigenvalue weighted by atomic mass is 35.5. The topological polar surface area (TPSA) is 86.8 Å². The van der Waals surface area contributed by atoms with Gasteiger partial charge in [-0.2, -0.15) is 0 Å². The van der Waals surface area contributed by atoms with E-state index in [1.165, 1.54) is 11.0 Å². The molecular weight excluding hydrogens is 469 g/mol. The number of nitrogens with zero attached hydrogens (tertiary/aromatic N) is 2. The lowest BCUT2D eigenvalue weighted by atomic mass is 10.1. The average molecular weight is 498 g/mol. The second-order valence-electron chi connectivity index (χ2n) is 7.96. The van der Waals surface area contributed by atoms with Crippen molar-refractivity contribution in [2.75, 3.05) is 17.1 Å². The van der Waals surface area contributed by atoms with Crippen LogP contribution < -0.4 is 9.62 Å². The highest BCUT2D eigenvalue weighted by Crippen LogP contribution is 2.25. The largest absolute Gasteiger partial charge is 0.352 e. The summed E-state index contributed by atoms with van der Waals surface area (Å²) in [4.78, 5) is 27.7. The van der Waals surface area contributed by atoms with Crippen molar-refractivity contribution in [3.63, 3.8) is 0 Å². The highest BCUT2D eigenvalue weighted by molar-refractivity contribution is 7.92. The summed E-state index contributed by atoms with van der Waals surface area (Å²) in [5.74, 6) is -1.61.